The van der Waals surface area contributed by atoms with Gasteiger partial charge in [0.1, 0.15) is 11.9 Å². The SMILES string of the molecule is Cn1c(=O)c2c(nc(C(O)c3ccccc3)n2CCN2CCOCC2)n(C)c1=O. The summed E-state index contributed by atoms with van der Waals surface area (Å²) >= 11 is 0. The molecule has 9 nitrogen and oxygen atoms in total. The first kappa shape index (κ1) is 19.6. The zero-order chi connectivity index (χ0) is 20.5. The van der Waals surface area contributed by atoms with Crippen molar-refractivity contribution in [2.45, 2.75) is 12.6 Å². The molecule has 0 radical (unpaired) electrons. The van der Waals surface area contributed by atoms with Crippen molar-refractivity contribution in [2.24, 2.45) is 14.1 Å². The summed E-state index contributed by atoms with van der Waals surface area (Å²) in [7, 11) is 3.04. The molecule has 154 valence electrons. The quantitative estimate of drug-likeness (QED) is 0.641. The van der Waals surface area contributed by atoms with Crippen molar-refractivity contribution in [1.29, 1.82) is 0 Å². The summed E-state index contributed by atoms with van der Waals surface area (Å²) in [5, 5.41) is 11.0. The van der Waals surface area contributed by atoms with Crippen LogP contribution in [0.15, 0.2) is 39.9 Å². The summed E-state index contributed by atoms with van der Waals surface area (Å²) in [5.41, 5.74) is 0.431. The van der Waals surface area contributed by atoms with Gasteiger partial charge in [-0.25, -0.2) is 9.78 Å². The number of hydrogen-bond donors (Lipinski definition) is 1. The second-order valence-corrected chi connectivity index (χ2v) is 7.27. The van der Waals surface area contributed by atoms with E-state index in [1.807, 2.05) is 30.3 Å². The lowest BCUT2D eigenvalue weighted by molar-refractivity contribution is 0.0362. The molecule has 29 heavy (non-hydrogen) atoms. The Morgan fingerprint density at radius 2 is 1.76 bits per heavy atom. The van der Waals surface area contributed by atoms with E-state index in [0.29, 0.717) is 43.2 Å². The number of rotatable bonds is 5. The molecule has 3 heterocycles. The summed E-state index contributed by atoms with van der Waals surface area (Å²) < 4.78 is 9.58. The van der Waals surface area contributed by atoms with Crippen molar-refractivity contribution in [3.8, 4) is 0 Å². The Balaban J connectivity index is 1.84. The number of aliphatic hydroxyl groups is 1. The highest BCUT2D eigenvalue weighted by molar-refractivity contribution is 5.71. The molecule has 0 saturated carbocycles. The van der Waals surface area contributed by atoms with Gasteiger partial charge in [-0.2, -0.15) is 0 Å². The van der Waals surface area contributed by atoms with Gasteiger partial charge in [0, 0.05) is 40.3 Å². The van der Waals surface area contributed by atoms with E-state index in [2.05, 4.69) is 9.88 Å². The zero-order valence-electron chi connectivity index (χ0n) is 16.6. The lowest BCUT2D eigenvalue weighted by atomic mass is 10.1. The molecule has 1 aliphatic heterocycles. The molecule has 0 amide bonds. The van der Waals surface area contributed by atoms with Crippen LogP contribution in [0.2, 0.25) is 0 Å². The van der Waals surface area contributed by atoms with E-state index >= 15 is 0 Å². The maximum atomic E-state index is 12.9. The number of aromatic nitrogens is 4. The highest BCUT2D eigenvalue weighted by atomic mass is 16.5. The van der Waals surface area contributed by atoms with Crippen LogP contribution in [0, 0.1) is 0 Å². The van der Waals surface area contributed by atoms with Crippen molar-refractivity contribution >= 4 is 11.2 Å². The fourth-order valence-electron chi connectivity index (χ4n) is 3.75. The van der Waals surface area contributed by atoms with Crippen LogP contribution in [0.5, 0.6) is 0 Å². The Morgan fingerprint density at radius 3 is 2.45 bits per heavy atom. The summed E-state index contributed by atoms with van der Waals surface area (Å²) in [5.74, 6) is 0.359. The van der Waals surface area contributed by atoms with Gasteiger partial charge in [-0.1, -0.05) is 30.3 Å². The van der Waals surface area contributed by atoms with E-state index in [1.165, 1.54) is 11.6 Å². The van der Waals surface area contributed by atoms with Gasteiger partial charge >= 0.3 is 5.69 Å². The number of fused-ring (bicyclic) bond motifs is 1. The largest absolute Gasteiger partial charge is 0.380 e. The van der Waals surface area contributed by atoms with E-state index in [4.69, 9.17) is 4.74 Å². The molecule has 1 aliphatic rings. The van der Waals surface area contributed by atoms with Crippen LogP contribution in [0.1, 0.15) is 17.5 Å². The first-order valence-electron chi connectivity index (χ1n) is 9.68. The molecule has 2 aromatic heterocycles. The first-order valence-corrected chi connectivity index (χ1v) is 9.68. The summed E-state index contributed by atoms with van der Waals surface area (Å²) in [6.07, 6.45) is -1.01. The zero-order valence-corrected chi connectivity index (χ0v) is 16.6. The highest BCUT2D eigenvalue weighted by Gasteiger charge is 2.24. The first-order chi connectivity index (χ1) is 14.0. The topological polar surface area (TPSA) is 94.5 Å². The second kappa shape index (κ2) is 7.94. The molecule has 1 aromatic carbocycles. The van der Waals surface area contributed by atoms with Gasteiger partial charge < -0.3 is 14.4 Å². The fraction of sp³-hybridized carbons (Fsp3) is 0.450. The minimum atomic E-state index is -1.01. The van der Waals surface area contributed by atoms with Gasteiger partial charge in [-0.15, -0.1) is 0 Å². The third kappa shape index (κ3) is 3.52. The van der Waals surface area contributed by atoms with Crippen LogP contribution in [-0.4, -0.2) is 61.5 Å². The lowest BCUT2D eigenvalue weighted by Gasteiger charge is -2.27. The number of ether oxygens (including phenoxy) is 1. The van der Waals surface area contributed by atoms with Gasteiger partial charge in [0.15, 0.2) is 11.2 Å². The van der Waals surface area contributed by atoms with Crippen molar-refractivity contribution < 1.29 is 9.84 Å². The number of aliphatic hydroxyl groups excluding tert-OH is 1. The van der Waals surface area contributed by atoms with Crippen LogP contribution in [-0.2, 0) is 25.4 Å². The van der Waals surface area contributed by atoms with E-state index in [0.717, 1.165) is 17.7 Å². The molecule has 1 fully saturated rings. The van der Waals surface area contributed by atoms with Crippen molar-refractivity contribution in [3.63, 3.8) is 0 Å². The maximum absolute atomic E-state index is 12.9. The van der Waals surface area contributed by atoms with Gasteiger partial charge in [0.05, 0.1) is 13.2 Å². The molecular formula is C20H25N5O4. The Labute approximate surface area is 167 Å². The third-order valence-corrected chi connectivity index (χ3v) is 5.48. The second-order valence-electron chi connectivity index (χ2n) is 7.27. The van der Waals surface area contributed by atoms with Gasteiger partial charge in [0.25, 0.3) is 5.56 Å². The molecule has 1 unspecified atom stereocenters. The molecular weight excluding hydrogens is 374 g/mol. The Bertz CT molecular complexity index is 1130. The van der Waals surface area contributed by atoms with E-state index in [1.54, 1.807) is 11.6 Å². The lowest BCUT2D eigenvalue weighted by Crippen LogP contribution is -2.39. The number of imidazole rings is 1. The third-order valence-electron chi connectivity index (χ3n) is 5.48. The maximum Gasteiger partial charge on any atom is 0.332 e. The number of aryl methyl sites for hydroxylation is 1. The average molecular weight is 399 g/mol. The van der Waals surface area contributed by atoms with E-state index in [9.17, 15) is 14.7 Å². The van der Waals surface area contributed by atoms with Crippen LogP contribution in [0.3, 0.4) is 0 Å². The molecule has 0 aliphatic carbocycles. The molecule has 1 saturated heterocycles. The number of nitrogens with zero attached hydrogens (tertiary/aromatic N) is 5. The van der Waals surface area contributed by atoms with E-state index < -0.39 is 17.4 Å². The highest BCUT2D eigenvalue weighted by Crippen LogP contribution is 2.24. The van der Waals surface area contributed by atoms with Crippen LogP contribution < -0.4 is 11.2 Å². The Morgan fingerprint density at radius 1 is 1.07 bits per heavy atom. The van der Waals surface area contributed by atoms with Crippen LogP contribution >= 0.6 is 0 Å². The Kier molecular flexibility index (Phi) is 5.35. The monoisotopic (exact) mass is 399 g/mol. The van der Waals surface area contributed by atoms with E-state index in [-0.39, 0.29) is 5.65 Å². The summed E-state index contributed by atoms with van der Waals surface area (Å²) in [6, 6.07) is 9.18. The van der Waals surface area contributed by atoms with Crippen LogP contribution in [0.4, 0.5) is 0 Å². The molecule has 1 atom stereocenters. The standard InChI is InChI=1S/C20H25N5O4/c1-22-17-15(19(27)23(2)20(22)28)25(9-8-24-10-12-29-13-11-24)18(21-17)16(26)14-6-4-3-5-7-14/h3-7,16,26H,8-13H2,1-2H3. The normalized spacial score (nSPS) is 16.4. The summed E-state index contributed by atoms with van der Waals surface area (Å²) in [6.45, 7) is 4.17. The smallest absolute Gasteiger partial charge is 0.332 e. The molecule has 0 bridgehead atoms. The molecule has 4 rings (SSSR count). The Hall–Kier alpha value is -2.75. The number of benzene rings is 1. The summed E-state index contributed by atoms with van der Waals surface area (Å²) in [4.78, 5) is 32.1. The van der Waals surface area contributed by atoms with Crippen molar-refractivity contribution in [2.75, 3.05) is 32.8 Å². The molecule has 1 N–H and O–H groups in total. The predicted octanol–water partition coefficient (Wildman–Crippen LogP) is -0.152. The fourth-order valence-corrected chi connectivity index (χ4v) is 3.75. The van der Waals surface area contributed by atoms with Crippen LogP contribution in [0.25, 0.3) is 11.2 Å². The van der Waals surface area contributed by atoms with Crippen molar-refractivity contribution in [1.82, 2.24) is 23.6 Å². The minimum Gasteiger partial charge on any atom is -0.380 e. The van der Waals surface area contributed by atoms with Gasteiger partial charge in [-0.05, 0) is 5.56 Å². The number of morpholine rings is 1. The minimum absolute atomic E-state index is 0.282. The van der Waals surface area contributed by atoms with Gasteiger partial charge in [0.2, 0.25) is 0 Å². The van der Waals surface area contributed by atoms with Crippen molar-refractivity contribution in [3.05, 3.63) is 62.6 Å². The predicted molar refractivity (Wildman–Crippen MR) is 108 cm³/mol. The van der Waals surface area contributed by atoms with Gasteiger partial charge in [-0.3, -0.25) is 18.8 Å². The number of hydrogen-bond acceptors (Lipinski definition) is 6. The average Bonchev–Trinajstić information content (AvgIpc) is 3.15. The molecule has 3 aromatic rings. The molecule has 9 heteroatoms. The molecule has 0 spiro atoms.